The molecule has 1 aromatic carbocycles. The van der Waals surface area contributed by atoms with Crippen LogP contribution in [0.25, 0.3) is 0 Å². The Hall–Kier alpha value is -2.23. The molecule has 1 atom stereocenters. The van der Waals surface area contributed by atoms with Crippen LogP contribution in [-0.2, 0) is 16.0 Å². The Morgan fingerprint density at radius 1 is 1.27 bits per heavy atom. The Morgan fingerprint density at radius 2 is 1.97 bits per heavy atom. The maximum atomic E-state index is 12.4. The van der Waals surface area contributed by atoms with Crippen molar-refractivity contribution >= 4 is 19.0 Å². The summed E-state index contributed by atoms with van der Waals surface area (Å²) >= 11 is 0. The lowest BCUT2D eigenvalue weighted by molar-refractivity contribution is -0.137. The van der Waals surface area contributed by atoms with Gasteiger partial charge in [0.15, 0.2) is 0 Å². The summed E-state index contributed by atoms with van der Waals surface area (Å²) in [7, 11) is -1.44. The molecule has 2 N–H and O–H groups in total. The van der Waals surface area contributed by atoms with Crippen molar-refractivity contribution in [3.05, 3.63) is 29.3 Å². The summed E-state index contributed by atoms with van der Waals surface area (Å²) < 4.78 is 47.4. The maximum Gasteiger partial charge on any atom is 0.547 e. The highest BCUT2D eigenvalue weighted by Crippen LogP contribution is 2.31. The second-order valence-electron chi connectivity index (χ2n) is 8.60. The van der Waals surface area contributed by atoms with E-state index >= 15 is 0 Å². The van der Waals surface area contributed by atoms with Crippen molar-refractivity contribution < 1.29 is 37.2 Å². The van der Waals surface area contributed by atoms with E-state index in [4.69, 9.17) is 9.39 Å². The summed E-state index contributed by atoms with van der Waals surface area (Å²) in [4.78, 5) is 24.3. The van der Waals surface area contributed by atoms with E-state index in [0.29, 0.717) is 12.0 Å². The Morgan fingerprint density at radius 3 is 2.60 bits per heavy atom. The molecule has 0 bridgehead atoms. The summed E-state index contributed by atoms with van der Waals surface area (Å²) in [6.07, 6.45) is -5.15. The van der Waals surface area contributed by atoms with Crippen LogP contribution in [0.3, 0.4) is 0 Å². The average molecular weight is 429 g/mol. The SMILES string of the molecule is CC(C)(C)CCOC(=O)c1cccc2c1OB(O)[C@@H](NC(=O)CCCC(F)(F)F)C2. The summed E-state index contributed by atoms with van der Waals surface area (Å²) in [5.74, 6) is -1.82. The normalized spacial score (nSPS) is 16.5. The average Bonchev–Trinajstić information content (AvgIpc) is 2.59. The van der Waals surface area contributed by atoms with E-state index in [-0.39, 0.29) is 42.6 Å². The van der Waals surface area contributed by atoms with E-state index in [9.17, 15) is 27.8 Å². The van der Waals surface area contributed by atoms with Gasteiger partial charge in [0.1, 0.15) is 11.3 Å². The molecule has 1 aliphatic rings. The number of benzene rings is 1. The third-order valence-electron chi connectivity index (χ3n) is 4.63. The molecule has 0 unspecified atom stereocenters. The van der Waals surface area contributed by atoms with Crippen molar-refractivity contribution in [3.8, 4) is 5.75 Å². The van der Waals surface area contributed by atoms with Crippen LogP contribution in [-0.4, -0.2) is 42.7 Å². The van der Waals surface area contributed by atoms with Gasteiger partial charge in [0.2, 0.25) is 5.91 Å². The molecule has 1 aliphatic heterocycles. The zero-order chi connectivity index (χ0) is 22.5. The summed E-state index contributed by atoms with van der Waals surface area (Å²) in [5, 5.41) is 12.7. The van der Waals surface area contributed by atoms with Gasteiger partial charge >= 0.3 is 19.3 Å². The van der Waals surface area contributed by atoms with Crippen molar-refractivity contribution in [2.45, 2.75) is 65.0 Å². The zero-order valence-electron chi connectivity index (χ0n) is 17.3. The first kappa shape index (κ1) is 24.0. The van der Waals surface area contributed by atoms with Crippen LogP contribution < -0.4 is 9.97 Å². The van der Waals surface area contributed by atoms with Crippen LogP contribution in [0.5, 0.6) is 5.75 Å². The number of amides is 1. The number of carbonyl (C=O) groups is 2. The fraction of sp³-hybridized carbons (Fsp3) is 0.600. The number of hydrogen-bond acceptors (Lipinski definition) is 5. The van der Waals surface area contributed by atoms with Crippen molar-refractivity contribution in [1.29, 1.82) is 0 Å². The first-order valence-corrected chi connectivity index (χ1v) is 9.85. The molecule has 6 nitrogen and oxygen atoms in total. The molecule has 166 valence electrons. The Bertz CT molecular complexity index is 764. The number of para-hydroxylation sites is 1. The fourth-order valence-electron chi connectivity index (χ4n) is 2.96. The Balaban J connectivity index is 1.98. The van der Waals surface area contributed by atoms with Gasteiger partial charge in [-0.2, -0.15) is 13.2 Å². The standard InChI is InChI=1S/C20H27BF3NO5/c1-19(2,3)10-11-29-18(27)14-7-4-6-13-12-15(21(28)30-17(13)14)25-16(26)8-5-9-20(22,23)24/h4,6-7,15,28H,5,8-12H2,1-3H3,(H,25,26)/t15-/m0/s1. The van der Waals surface area contributed by atoms with Gasteiger partial charge < -0.3 is 19.7 Å². The quantitative estimate of drug-likeness (QED) is 0.513. The van der Waals surface area contributed by atoms with Crippen LogP contribution in [0, 0.1) is 5.41 Å². The van der Waals surface area contributed by atoms with Gasteiger partial charge in [-0.15, -0.1) is 0 Å². The summed E-state index contributed by atoms with van der Waals surface area (Å²) in [6.45, 7) is 6.33. The minimum absolute atomic E-state index is 0.00855. The molecule has 0 aliphatic carbocycles. The van der Waals surface area contributed by atoms with Gasteiger partial charge in [-0.3, -0.25) is 4.79 Å². The van der Waals surface area contributed by atoms with E-state index in [1.165, 1.54) is 6.07 Å². The highest BCUT2D eigenvalue weighted by Gasteiger charge is 2.38. The van der Waals surface area contributed by atoms with Crippen LogP contribution in [0.4, 0.5) is 13.2 Å². The van der Waals surface area contributed by atoms with Crippen molar-refractivity contribution in [3.63, 3.8) is 0 Å². The number of esters is 1. The molecular formula is C20H27BF3NO5. The summed E-state index contributed by atoms with van der Waals surface area (Å²) in [5.41, 5.74) is 0.774. The Kier molecular flexibility index (Phi) is 7.79. The van der Waals surface area contributed by atoms with Gasteiger partial charge in [0, 0.05) is 12.8 Å². The van der Waals surface area contributed by atoms with Gasteiger partial charge in [-0.1, -0.05) is 32.9 Å². The lowest BCUT2D eigenvalue weighted by Crippen LogP contribution is -2.53. The van der Waals surface area contributed by atoms with Gasteiger partial charge in [-0.05, 0) is 36.3 Å². The number of nitrogens with one attached hydrogen (secondary N) is 1. The topological polar surface area (TPSA) is 84.9 Å². The maximum absolute atomic E-state index is 12.4. The van der Waals surface area contributed by atoms with Crippen LogP contribution >= 0.6 is 0 Å². The van der Waals surface area contributed by atoms with Crippen molar-refractivity contribution in [2.24, 2.45) is 5.41 Å². The molecule has 1 aromatic rings. The van der Waals surface area contributed by atoms with E-state index in [1.807, 2.05) is 20.8 Å². The van der Waals surface area contributed by atoms with E-state index in [0.717, 1.165) is 0 Å². The highest BCUT2D eigenvalue weighted by molar-refractivity contribution is 6.47. The van der Waals surface area contributed by atoms with Crippen LogP contribution in [0.15, 0.2) is 18.2 Å². The number of ether oxygens (including phenoxy) is 1. The number of rotatable bonds is 7. The number of fused-ring (bicyclic) bond motifs is 1. The minimum Gasteiger partial charge on any atom is -0.534 e. The molecule has 30 heavy (non-hydrogen) atoms. The molecule has 0 aromatic heterocycles. The minimum atomic E-state index is -4.31. The molecule has 10 heteroatoms. The second kappa shape index (κ2) is 9.72. The third kappa shape index (κ3) is 7.55. The smallest absolute Gasteiger partial charge is 0.534 e. The number of halogens is 3. The first-order valence-electron chi connectivity index (χ1n) is 9.85. The molecule has 0 fully saturated rings. The van der Waals surface area contributed by atoms with E-state index in [1.54, 1.807) is 12.1 Å². The van der Waals surface area contributed by atoms with Gasteiger partial charge in [0.25, 0.3) is 0 Å². The largest absolute Gasteiger partial charge is 0.547 e. The van der Waals surface area contributed by atoms with Gasteiger partial charge in [0.05, 0.1) is 12.5 Å². The lowest BCUT2D eigenvalue weighted by Gasteiger charge is -2.29. The van der Waals surface area contributed by atoms with E-state index in [2.05, 4.69) is 5.32 Å². The predicted octanol–water partition coefficient (Wildman–Crippen LogP) is 3.45. The lowest BCUT2D eigenvalue weighted by atomic mass is 9.72. The van der Waals surface area contributed by atoms with Gasteiger partial charge in [-0.25, -0.2) is 4.79 Å². The molecule has 2 rings (SSSR count). The molecular weight excluding hydrogens is 402 g/mol. The number of carbonyl (C=O) groups excluding carboxylic acids is 2. The molecule has 0 saturated heterocycles. The highest BCUT2D eigenvalue weighted by atomic mass is 19.4. The molecule has 0 saturated carbocycles. The Labute approximate surface area is 174 Å². The fourth-order valence-corrected chi connectivity index (χ4v) is 2.96. The van der Waals surface area contributed by atoms with Crippen molar-refractivity contribution in [2.75, 3.05) is 6.61 Å². The number of hydrogen-bond donors (Lipinski definition) is 2. The zero-order valence-corrected chi connectivity index (χ0v) is 17.3. The first-order chi connectivity index (χ1) is 13.9. The monoisotopic (exact) mass is 429 g/mol. The summed E-state index contributed by atoms with van der Waals surface area (Å²) in [6, 6.07) is 4.86. The molecule has 0 radical (unpaired) electrons. The third-order valence-corrected chi connectivity index (χ3v) is 4.63. The molecule has 1 amide bonds. The second-order valence-corrected chi connectivity index (χ2v) is 8.60. The van der Waals surface area contributed by atoms with Crippen LogP contribution in [0.2, 0.25) is 0 Å². The number of alkyl halides is 3. The molecule has 0 spiro atoms. The van der Waals surface area contributed by atoms with Crippen molar-refractivity contribution in [1.82, 2.24) is 5.32 Å². The van der Waals surface area contributed by atoms with Crippen LogP contribution in [0.1, 0.15) is 62.4 Å². The van der Waals surface area contributed by atoms with E-state index < -0.39 is 37.5 Å². The molecule has 1 heterocycles. The predicted molar refractivity (Wildman–Crippen MR) is 105 cm³/mol.